The van der Waals surface area contributed by atoms with Crippen LogP contribution in [0.15, 0.2) is 18.3 Å². The van der Waals surface area contributed by atoms with Gasteiger partial charge in [-0.1, -0.05) is 11.6 Å². The maximum Gasteiger partial charge on any atom is 0.226 e. The summed E-state index contributed by atoms with van der Waals surface area (Å²) in [4.78, 5) is 13.3. The molecule has 8 nitrogen and oxygen atoms in total. The quantitative estimate of drug-likeness (QED) is 0.415. The van der Waals surface area contributed by atoms with Gasteiger partial charge in [-0.3, -0.25) is 0 Å². The van der Waals surface area contributed by atoms with Crippen LogP contribution in [0.1, 0.15) is 16.7 Å². The Morgan fingerprint density at radius 1 is 1.28 bits per heavy atom. The molecule has 6 rings (SSSR count). The first-order chi connectivity index (χ1) is 17.3. The molecule has 2 atom stereocenters. The lowest BCUT2D eigenvalue weighted by Crippen LogP contribution is -2.38. The van der Waals surface area contributed by atoms with Crippen LogP contribution in [0.25, 0.3) is 32.1 Å². The van der Waals surface area contributed by atoms with Crippen LogP contribution >= 0.6 is 22.9 Å². The number of hydrogen-bond donors (Lipinski definition) is 2. The normalized spacial score (nSPS) is 19.5. The van der Waals surface area contributed by atoms with Crippen LogP contribution in [-0.2, 0) is 18.0 Å². The van der Waals surface area contributed by atoms with Crippen molar-refractivity contribution < 1.29 is 14.2 Å². The fourth-order valence-electron chi connectivity index (χ4n) is 5.30. The van der Waals surface area contributed by atoms with Gasteiger partial charge in [0.15, 0.2) is 0 Å². The Labute approximate surface area is 215 Å². The number of nitrogens with two attached hydrogens (primary N) is 1. The zero-order valence-electron chi connectivity index (χ0n) is 19.5. The van der Waals surface area contributed by atoms with Gasteiger partial charge in [-0.05, 0) is 37.4 Å². The summed E-state index contributed by atoms with van der Waals surface area (Å²) in [6, 6.07) is 5.07. The number of likely N-dealkylation sites (N-methyl/N-ethyl adjacent to an activating group) is 1. The summed E-state index contributed by atoms with van der Waals surface area (Å²) in [7, 11) is 3.85. The van der Waals surface area contributed by atoms with Gasteiger partial charge in [-0.25, -0.2) is 14.4 Å². The molecule has 1 fully saturated rings. The molecule has 4 aromatic rings. The molecule has 2 aromatic carbocycles. The standard InChI is InChI=1S/C25H22ClFN6O2S/c1-32(2)16-7-33(8-17(16)34)25-30-6-12-13-9-35-10-14(13)20(22(26)23(12)31-25)21-15(27)3-4-18-19(21)11(5-28)24(29)36-18/h3-4,6,16-17,34H,7-10,29H2,1-2H3/t16-,17+/m1/s1. The average Bonchev–Trinajstić information content (AvgIpc) is 3.56. The third kappa shape index (κ3) is 3.35. The second kappa shape index (κ2) is 8.50. The van der Waals surface area contributed by atoms with Crippen LogP contribution in [0, 0.1) is 17.1 Å². The molecule has 0 bridgehead atoms. The van der Waals surface area contributed by atoms with Crippen molar-refractivity contribution in [2.24, 2.45) is 0 Å². The van der Waals surface area contributed by atoms with Crippen molar-refractivity contribution in [2.75, 3.05) is 37.8 Å². The number of nitrogen functional groups attached to an aromatic ring is 1. The van der Waals surface area contributed by atoms with E-state index in [9.17, 15) is 10.4 Å². The third-order valence-corrected chi connectivity index (χ3v) is 8.44. The van der Waals surface area contributed by atoms with Gasteiger partial charge in [0.25, 0.3) is 0 Å². The molecule has 0 saturated carbocycles. The fraction of sp³-hybridized carbons (Fsp3) is 0.320. The number of aliphatic hydroxyl groups is 1. The van der Waals surface area contributed by atoms with Crippen LogP contribution in [0.5, 0.6) is 0 Å². The van der Waals surface area contributed by atoms with E-state index in [-0.39, 0.29) is 28.8 Å². The number of anilines is 2. The van der Waals surface area contributed by atoms with E-state index in [0.717, 1.165) is 16.5 Å². The van der Waals surface area contributed by atoms with E-state index in [1.54, 1.807) is 12.3 Å². The maximum atomic E-state index is 15.5. The molecule has 0 aliphatic carbocycles. The minimum atomic E-state index is -0.543. The van der Waals surface area contributed by atoms with Gasteiger partial charge < -0.3 is 25.4 Å². The molecular formula is C25H22ClFN6O2S. The van der Waals surface area contributed by atoms with Gasteiger partial charge in [-0.15, -0.1) is 11.3 Å². The lowest BCUT2D eigenvalue weighted by Gasteiger charge is -2.22. The molecule has 11 heteroatoms. The van der Waals surface area contributed by atoms with Crippen molar-refractivity contribution in [1.29, 1.82) is 5.26 Å². The highest BCUT2D eigenvalue weighted by Gasteiger charge is 2.35. The predicted octanol–water partition coefficient (Wildman–Crippen LogP) is 3.90. The Hall–Kier alpha value is -3.07. The summed E-state index contributed by atoms with van der Waals surface area (Å²) < 4.78 is 22.0. The molecule has 2 aliphatic heterocycles. The van der Waals surface area contributed by atoms with Crippen LogP contribution in [-0.4, -0.2) is 59.3 Å². The lowest BCUT2D eigenvalue weighted by atomic mass is 9.91. The van der Waals surface area contributed by atoms with Crippen molar-refractivity contribution in [3.8, 4) is 17.2 Å². The number of benzene rings is 2. The molecule has 0 spiro atoms. The number of aromatic nitrogens is 2. The number of rotatable bonds is 3. The number of thiophene rings is 1. The highest BCUT2D eigenvalue weighted by molar-refractivity contribution is 7.23. The van der Waals surface area contributed by atoms with Crippen LogP contribution in [0.4, 0.5) is 15.3 Å². The van der Waals surface area contributed by atoms with E-state index in [1.165, 1.54) is 17.4 Å². The molecule has 0 unspecified atom stereocenters. The summed E-state index contributed by atoms with van der Waals surface area (Å²) in [5.41, 5.74) is 9.11. The predicted molar refractivity (Wildman–Crippen MR) is 139 cm³/mol. The number of fused-ring (bicyclic) bond motifs is 4. The summed E-state index contributed by atoms with van der Waals surface area (Å²) >= 11 is 8.26. The highest BCUT2D eigenvalue weighted by atomic mass is 35.5. The molecule has 184 valence electrons. The number of β-amino-alcohol motifs (C(OH)–C–C–N with tert-alkyl or cyclic N) is 1. The van der Waals surface area contributed by atoms with Gasteiger partial charge in [0, 0.05) is 45.9 Å². The Kier molecular flexibility index (Phi) is 5.51. The molecular weight excluding hydrogens is 503 g/mol. The topological polar surface area (TPSA) is 112 Å². The van der Waals surface area contributed by atoms with Crippen LogP contribution in [0.3, 0.4) is 0 Å². The first kappa shape index (κ1) is 23.3. The fourth-order valence-corrected chi connectivity index (χ4v) is 6.58. The van der Waals surface area contributed by atoms with Gasteiger partial charge in [0.2, 0.25) is 5.95 Å². The Morgan fingerprint density at radius 2 is 2.06 bits per heavy atom. The van der Waals surface area contributed by atoms with Crippen LogP contribution < -0.4 is 10.6 Å². The molecule has 36 heavy (non-hydrogen) atoms. The third-order valence-electron chi connectivity index (χ3n) is 7.09. The first-order valence-electron chi connectivity index (χ1n) is 11.4. The minimum absolute atomic E-state index is 0.0519. The van der Waals surface area contributed by atoms with Gasteiger partial charge in [0.1, 0.15) is 16.9 Å². The second-order valence-corrected chi connectivity index (χ2v) is 10.8. The van der Waals surface area contributed by atoms with Crippen molar-refractivity contribution in [1.82, 2.24) is 14.9 Å². The average molecular weight is 525 g/mol. The molecule has 3 N–H and O–H groups in total. The number of nitriles is 1. The zero-order valence-corrected chi connectivity index (χ0v) is 21.1. The highest BCUT2D eigenvalue weighted by Crippen LogP contribution is 2.48. The summed E-state index contributed by atoms with van der Waals surface area (Å²) in [5, 5.41) is 22.1. The summed E-state index contributed by atoms with van der Waals surface area (Å²) in [6.45, 7) is 1.52. The van der Waals surface area contributed by atoms with Crippen molar-refractivity contribution in [2.45, 2.75) is 25.4 Å². The summed E-state index contributed by atoms with van der Waals surface area (Å²) in [5.74, 6) is -0.0632. The number of hydrogen-bond acceptors (Lipinski definition) is 9. The molecule has 2 aliphatic rings. The van der Waals surface area contributed by atoms with E-state index < -0.39 is 11.9 Å². The molecule has 4 heterocycles. The van der Waals surface area contributed by atoms with E-state index in [0.29, 0.717) is 51.8 Å². The lowest BCUT2D eigenvalue weighted by molar-refractivity contribution is 0.114. The molecule has 0 radical (unpaired) electrons. The number of ether oxygens (including phenoxy) is 1. The number of aliphatic hydroxyl groups excluding tert-OH is 1. The van der Waals surface area contributed by atoms with Gasteiger partial charge in [-0.2, -0.15) is 5.26 Å². The zero-order chi connectivity index (χ0) is 25.3. The molecule has 2 aromatic heterocycles. The molecule has 1 saturated heterocycles. The Balaban J connectivity index is 1.61. The van der Waals surface area contributed by atoms with Gasteiger partial charge >= 0.3 is 0 Å². The smallest absolute Gasteiger partial charge is 0.226 e. The number of nitrogens with zero attached hydrogens (tertiary/aromatic N) is 5. The monoisotopic (exact) mass is 524 g/mol. The van der Waals surface area contributed by atoms with E-state index in [2.05, 4.69) is 11.1 Å². The van der Waals surface area contributed by atoms with Crippen LogP contribution in [0.2, 0.25) is 5.02 Å². The summed E-state index contributed by atoms with van der Waals surface area (Å²) in [6.07, 6.45) is 1.18. The van der Waals surface area contributed by atoms with Crippen molar-refractivity contribution in [3.05, 3.63) is 45.9 Å². The maximum absolute atomic E-state index is 15.5. The molecule has 0 amide bonds. The largest absolute Gasteiger partial charge is 0.390 e. The Morgan fingerprint density at radius 3 is 2.78 bits per heavy atom. The number of halogens is 2. The first-order valence-corrected chi connectivity index (χ1v) is 12.6. The van der Waals surface area contributed by atoms with Gasteiger partial charge in [0.05, 0.1) is 41.5 Å². The van der Waals surface area contributed by atoms with E-state index >= 15 is 4.39 Å². The van der Waals surface area contributed by atoms with Crippen molar-refractivity contribution >= 4 is 54.9 Å². The Bertz CT molecular complexity index is 1600. The SMILES string of the molecule is CN(C)[C@@H]1CN(c2ncc3c4c(c(-c5c(F)ccc6sc(N)c(C#N)c56)c(Cl)c3n2)COC4)C[C@@H]1O. The van der Waals surface area contributed by atoms with Crippen molar-refractivity contribution in [3.63, 3.8) is 0 Å². The minimum Gasteiger partial charge on any atom is -0.390 e. The van der Waals surface area contributed by atoms with E-state index in [4.69, 9.17) is 27.1 Å². The second-order valence-electron chi connectivity index (χ2n) is 9.32. The van der Waals surface area contributed by atoms with E-state index in [1.807, 2.05) is 23.9 Å².